The molecule has 27 heavy (non-hydrogen) atoms. The molecule has 0 saturated carbocycles. The molecule has 2 amide bonds. The van der Waals surface area contributed by atoms with Gasteiger partial charge in [0.1, 0.15) is 0 Å². The van der Waals surface area contributed by atoms with Crippen LogP contribution in [0.5, 0.6) is 0 Å². The van der Waals surface area contributed by atoms with Crippen molar-refractivity contribution < 1.29 is 18.0 Å². The summed E-state index contributed by atoms with van der Waals surface area (Å²) in [4.78, 5) is 23.3. The second-order valence-corrected chi connectivity index (χ2v) is 8.07. The number of nitrogens with one attached hydrogen (secondary N) is 3. The van der Waals surface area contributed by atoms with Crippen molar-refractivity contribution in [3.05, 3.63) is 59.7 Å². The van der Waals surface area contributed by atoms with Crippen molar-refractivity contribution in [3.63, 3.8) is 0 Å². The van der Waals surface area contributed by atoms with Gasteiger partial charge in [-0.15, -0.1) is 0 Å². The van der Waals surface area contributed by atoms with Gasteiger partial charge >= 0.3 is 0 Å². The molecule has 1 heterocycles. The van der Waals surface area contributed by atoms with Crippen molar-refractivity contribution in [1.82, 2.24) is 10.0 Å². The summed E-state index contributed by atoms with van der Waals surface area (Å²) in [7, 11) is -3.82. The number of hydrogen-bond donors (Lipinski definition) is 3. The van der Waals surface area contributed by atoms with Crippen molar-refractivity contribution in [1.29, 1.82) is 0 Å². The molecule has 3 N–H and O–H groups in total. The minimum absolute atomic E-state index is 0.0367. The number of carbonyl (C=O) groups is 2. The Hall–Kier alpha value is -2.71. The summed E-state index contributed by atoms with van der Waals surface area (Å²) in [5.41, 5.74) is 2.44. The highest BCUT2D eigenvalue weighted by molar-refractivity contribution is 7.89. The summed E-state index contributed by atoms with van der Waals surface area (Å²) < 4.78 is 27.0. The lowest BCUT2D eigenvalue weighted by Gasteiger charge is -2.09. The van der Waals surface area contributed by atoms with Crippen LogP contribution >= 0.6 is 0 Å². The summed E-state index contributed by atoms with van der Waals surface area (Å²) >= 11 is 0. The molecule has 0 fully saturated rings. The molecule has 0 radical (unpaired) electrons. The minimum atomic E-state index is -3.82. The van der Waals surface area contributed by atoms with Crippen LogP contribution in [0.15, 0.2) is 53.4 Å². The quantitative estimate of drug-likeness (QED) is 0.592. The molecule has 1 aliphatic heterocycles. The molecule has 0 aliphatic carbocycles. The lowest BCUT2D eigenvalue weighted by molar-refractivity contribution is -0.120. The van der Waals surface area contributed by atoms with Crippen LogP contribution < -0.4 is 15.4 Å². The van der Waals surface area contributed by atoms with Crippen LogP contribution in [0.1, 0.15) is 17.5 Å². The predicted molar refractivity (Wildman–Crippen MR) is 102 cm³/mol. The van der Waals surface area contributed by atoms with Gasteiger partial charge in [0.05, 0.1) is 17.9 Å². The van der Waals surface area contributed by atoms with E-state index in [0.29, 0.717) is 17.8 Å². The van der Waals surface area contributed by atoms with Crippen LogP contribution in [-0.4, -0.2) is 33.3 Å². The Kier molecular flexibility index (Phi) is 5.88. The van der Waals surface area contributed by atoms with E-state index in [0.717, 1.165) is 12.8 Å². The molecule has 7 nitrogen and oxygen atoms in total. The van der Waals surface area contributed by atoms with Crippen molar-refractivity contribution in [2.45, 2.75) is 24.2 Å². The first-order chi connectivity index (χ1) is 12.9. The van der Waals surface area contributed by atoms with E-state index in [9.17, 15) is 18.0 Å². The van der Waals surface area contributed by atoms with E-state index in [-0.39, 0.29) is 29.7 Å². The Morgan fingerprint density at radius 3 is 2.67 bits per heavy atom. The third-order valence-corrected chi connectivity index (χ3v) is 5.64. The summed E-state index contributed by atoms with van der Waals surface area (Å²) in [5, 5.41) is 5.35. The maximum Gasteiger partial charge on any atom is 0.241 e. The number of amides is 2. The number of sulfonamides is 1. The van der Waals surface area contributed by atoms with Crippen molar-refractivity contribution in [3.8, 4) is 0 Å². The molecule has 2 aromatic carbocycles. The smallest absolute Gasteiger partial charge is 0.241 e. The van der Waals surface area contributed by atoms with Gasteiger partial charge in [-0.2, -0.15) is 0 Å². The van der Waals surface area contributed by atoms with Crippen molar-refractivity contribution >= 4 is 27.5 Å². The fourth-order valence-electron chi connectivity index (χ4n) is 2.84. The molecule has 3 rings (SSSR count). The molecular formula is C19H21N3O4S. The van der Waals surface area contributed by atoms with Crippen LogP contribution in [0.3, 0.4) is 0 Å². The monoisotopic (exact) mass is 387 g/mol. The van der Waals surface area contributed by atoms with E-state index in [1.54, 1.807) is 6.07 Å². The van der Waals surface area contributed by atoms with E-state index in [1.807, 2.05) is 30.3 Å². The maximum absolute atomic E-state index is 12.3. The van der Waals surface area contributed by atoms with Gasteiger partial charge in [0.15, 0.2) is 0 Å². The summed E-state index contributed by atoms with van der Waals surface area (Å²) in [6.45, 7) is 0.143. The molecule has 0 spiro atoms. The zero-order valence-corrected chi connectivity index (χ0v) is 15.5. The summed E-state index contributed by atoms with van der Waals surface area (Å²) in [5.74, 6) is -0.549. The Balaban J connectivity index is 1.45. The number of carbonyl (C=O) groups excluding carboxylic acids is 2. The second kappa shape index (κ2) is 8.32. The van der Waals surface area contributed by atoms with Crippen molar-refractivity contribution in [2.24, 2.45) is 0 Å². The highest BCUT2D eigenvalue weighted by Gasteiger charge is 2.22. The highest BCUT2D eigenvalue weighted by Crippen LogP contribution is 2.25. The fourth-order valence-corrected chi connectivity index (χ4v) is 3.88. The van der Waals surface area contributed by atoms with Gasteiger partial charge in [-0.1, -0.05) is 30.3 Å². The molecule has 8 heteroatoms. The SMILES string of the molecule is O=C(CNS(=O)(=O)c1ccc2c(c1)CC(=O)N2)NCCCc1ccccc1. The first-order valence-electron chi connectivity index (χ1n) is 8.67. The van der Waals surface area contributed by atoms with E-state index in [4.69, 9.17) is 0 Å². The number of benzene rings is 2. The minimum Gasteiger partial charge on any atom is -0.355 e. The maximum atomic E-state index is 12.3. The molecule has 1 aliphatic rings. The molecule has 0 bridgehead atoms. The normalized spacial score (nSPS) is 13.1. The number of aryl methyl sites for hydroxylation is 1. The predicted octanol–water partition coefficient (Wildman–Crippen LogP) is 1.21. The Bertz CT molecular complexity index is 943. The lowest BCUT2D eigenvalue weighted by atomic mass is 10.1. The Morgan fingerprint density at radius 2 is 1.89 bits per heavy atom. The molecule has 142 valence electrons. The summed E-state index contributed by atoms with van der Waals surface area (Å²) in [6, 6.07) is 14.3. The molecular weight excluding hydrogens is 366 g/mol. The number of rotatable bonds is 8. The third-order valence-electron chi connectivity index (χ3n) is 4.24. The van der Waals surface area contributed by atoms with Gasteiger partial charge in [-0.3, -0.25) is 9.59 Å². The fraction of sp³-hybridized carbons (Fsp3) is 0.263. The topological polar surface area (TPSA) is 104 Å². The standard InChI is InChI=1S/C19H21N3O4S/c23-18-12-15-11-16(8-9-17(15)22-18)27(25,26)21-13-19(24)20-10-4-7-14-5-2-1-3-6-14/h1-3,5-6,8-9,11,21H,4,7,10,12-13H2,(H,20,24)(H,22,23). The Morgan fingerprint density at radius 1 is 1.11 bits per heavy atom. The van der Waals surface area contributed by atoms with E-state index < -0.39 is 10.0 Å². The van der Waals surface area contributed by atoms with Gasteiger partial charge in [0.2, 0.25) is 21.8 Å². The molecule has 0 atom stereocenters. The van der Waals surface area contributed by atoms with Crippen LogP contribution in [0.25, 0.3) is 0 Å². The van der Waals surface area contributed by atoms with Gasteiger partial charge in [-0.05, 0) is 42.2 Å². The van der Waals surface area contributed by atoms with Gasteiger partial charge in [0.25, 0.3) is 0 Å². The van der Waals surface area contributed by atoms with Crippen LogP contribution in [0.4, 0.5) is 5.69 Å². The largest absolute Gasteiger partial charge is 0.355 e. The van der Waals surface area contributed by atoms with Crippen LogP contribution in [-0.2, 0) is 32.5 Å². The Labute approximate surface area is 158 Å². The lowest BCUT2D eigenvalue weighted by Crippen LogP contribution is -2.37. The van der Waals surface area contributed by atoms with Gasteiger partial charge in [0, 0.05) is 12.2 Å². The number of fused-ring (bicyclic) bond motifs is 1. The van der Waals surface area contributed by atoms with Gasteiger partial charge < -0.3 is 10.6 Å². The highest BCUT2D eigenvalue weighted by atomic mass is 32.2. The first-order valence-corrected chi connectivity index (χ1v) is 10.2. The number of anilines is 1. The van der Waals surface area contributed by atoms with E-state index in [1.165, 1.54) is 17.7 Å². The first kappa shape index (κ1) is 19.1. The molecule has 0 aromatic heterocycles. The second-order valence-electron chi connectivity index (χ2n) is 6.31. The molecule has 0 unspecified atom stereocenters. The van der Waals surface area contributed by atoms with Gasteiger partial charge in [-0.25, -0.2) is 13.1 Å². The van der Waals surface area contributed by atoms with E-state index >= 15 is 0 Å². The average Bonchev–Trinajstić information content (AvgIpc) is 3.03. The molecule has 2 aromatic rings. The zero-order valence-electron chi connectivity index (χ0n) is 14.7. The zero-order chi connectivity index (χ0) is 19.3. The third kappa shape index (κ3) is 5.15. The van der Waals surface area contributed by atoms with Crippen LogP contribution in [0, 0.1) is 0 Å². The molecule has 0 saturated heterocycles. The van der Waals surface area contributed by atoms with Crippen molar-refractivity contribution in [2.75, 3.05) is 18.4 Å². The number of hydrogen-bond acceptors (Lipinski definition) is 4. The van der Waals surface area contributed by atoms with E-state index in [2.05, 4.69) is 15.4 Å². The average molecular weight is 387 g/mol. The summed E-state index contributed by atoms with van der Waals surface area (Å²) in [6.07, 6.45) is 1.77. The van der Waals surface area contributed by atoms with Crippen LogP contribution in [0.2, 0.25) is 0 Å².